The molecule has 0 radical (unpaired) electrons. The van der Waals surface area contributed by atoms with E-state index >= 15 is 0 Å². The molecular weight excluding hydrogens is 264 g/mol. The number of aromatic nitrogens is 5. The minimum absolute atomic E-state index is 0.0915. The normalized spacial score (nSPS) is 12.5. The summed E-state index contributed by atoms with van der Waals surface area (Å²) in [6.45, 7) is 2.05. The molecule has 0 aliphatic carbocycles. The number of halogens is 1. The van der Waals surface area contributed by atoms with Crippen molar-refractivity contribution in [2.24, 2.45) is 0 Å². The van der Waals surface area contributed by atoms with Crippen molar-refractivity contribution in [3.8, 4) is 0 Å². The first-order valence-electron chi connectivity index (χ1n) is 5.77. The predicted molar refractivity (Wildman–Crippen MR) is 72.1 cm³/mol. The quantitative estimate of drug-likeness (QED) is 0.743. The Kier molecular flexibility index (Phi) is 3.00. The molecule has 19 heavy (non-hydrogen) atoms. The van der Waals surface area contributed by atoms with Gasteiger partial charge in [0.15, 0.2) is 0 Å². The van der Waals surface area contributed by atoms with Gasteiger partial charge in [-0.1, -0.05) is 11.6 Å². The van der Waals surface area contributed by atoms with Crippen molar-refractivity contribution in [1.82, 2.24) is 24.6 Å². The fourth-order valence-electron chi connectivity index (χ4n) is 1.84. The van der Waals surface area contributed by atoms with Crippen molar-refractivity contribution in [1.29, 1.82) is 0 Å². The van der Waals surface area contributed by atoms with Crippen LogP contribution in [-0.4, -0.2) is 24.6 Å². The monoisotopic (exact) mass is 274 g/mol. The lowest BCUT2D eigenvalue weighted by molar-refractivity contribution is 0.838. The van der Waals surface area contributed by atoms with Crippen LogP contribution >= 0.6 is 11.6 Å². The van der Waals surface area contributed by atoms with Crippen LogP contribution in [-0.2, 0) is 0 Å². The van der Waals surface area contributed by atoms with Crippen LogP contribution in [0.2, 0.25) is 5.15 Å². The minimum Gasteiger partial charge on any atom is -0.363 e. The van der Waals surface area contributed by atoms with E-state index in [1.54, 1.807) is 23.0 Å². The molecule has 0 amide bonds. The summed E-state index contributed by atoms with van der Waals surface area (Å²) in [7, 11) is 0. The molecule has 0 saturated heterocycles. The van der Waals surface area contributed by atoms with Gasteiger partial charge in [-0.3, -0.25) is 4.98 Å². The van der Waals surface area contributed by atoms with Crippen LogP contribution in [0.3, 0.4) is 0 Å². The zero-order valence-electron chi connectivity index (χ0n) is 10.2. The highest BCUT2D eigenvalue weighted by atomic mass is 35.5. The molecule has 96 valence electrons. The third kappa shape index (κ3) is 2.34. The highest BCUT2D eigenvalue weighted by Gasteiger charge is 2.10. The van der Waals surface area contributed by atoms with Crippen molar-refractivity contribution >= 4 is 23.2 Å². The largest absolute Gasteiger partial charge is 0.363 e. The highest BCUT2D eigenvalue weighted by molar-refractivity contribution is 6.29. The van der Waals surface area contributed by atoms with E-state index < -0.39 is 0 Å². The molecule has 3 aromatic rings. The Balaban J connectivity index is 1.95. The van der Waals surface area contributed by atoms with Crippen LogP contribution in [0.5, 0.6) is 0 Å². The number of anilines is 1. The molecule has 3 heterocycles. The van der Waals surface area contributed by atoms with Crippen LogP contribution in [0, 0.1) is 0 Å². The maximum Gasteiger partial charge on any atom is 0.255 e. The minimum atomic E-state index is 0.0915. The van der Waals surface area contributed by atoms with Gasteiger partial charge in [-0.25, -0.2) is 0 Å². The second-order valence-corrected chi connectivity index (χ2v) is 4.47. The molecule has 0 saturated carbocycles. The summed E-state index contributed by atoms with van der Waals surface area (Å²) in [4.78, 5) is 12.1. The lowest BCUT2D eigenvalue weighted by Gasteiger charge is -2.15. The summed E-state index contributed by atoms with van der Waals surface area (Å²) in [6, 6.07) is 5.73. The molecule has 7 heteroatoms. The summed E-state index contributed by atoms with van der Waals surface area (Å²) in [5.41, 5.74) is 1.12. The molecule has 0 fully saturated rings. The molecule has 1 atom stereocenters. The maximum atomic E-state index is 5.97. The van der Waals surface area contributed by atoms with Gasteiger partial charge < -0.3 is 5.32 Å². The smallest absolute Gasteiger partial charge is 0.255 e. The standard InChI is InChI=1S/C12H11ClN6/c1-8(9-2-4-14-5-3-9)17-11-6-10(13)18-12-15-7-16-19(11)12/h2-8,17H,1H3. The summed E-state index contributed by atoms with van der Waals surface area (Å²) in [5, 5.41) is 7.83. The number of hydrogen-bond acceptors (Lipinski definition) is 5. The van der Waals surface area contributed by atoms with Crippen LogP contribution in [0.15, 0.2) is 36.9 Å². The first-order chi connectivity index (χ1) is 9.24. The second-order valence-electron chi connectivity index (χ2n) is 4.08. The third-order valence-corrected chi connectivity index (χ3v) is 2.98. The maximum absolute atomic E-state index is 5.97. The molecule has 3 rings (SSSR count). The molecule has 0 bridgehead atoms. The van der Waals surface area contributed by atoms with Gasteiger partial charge in [0.1, 0.15) is 17.3 Å². The predicted octanol–water partition coefficient (Wildman–Crippen LogP) is 2.35. The van der Waals surface area contributed by atoms with Crippen LogP contribution in [0.1, 0.15) is 18.5 Å². The van der Waals surface area contributed by atoms with E-state index in [2.05, 4.69) is 25.4 Å². The topological polar surface area (TPSA) is 68.0 Å². The summed E-state index contributed by atoms with van der Waals surface area (Å²) in [6.07, 6.45) is 4.97. The highest BCUT2D eigenvalue weighted by Crippen LogP contribution is 2.20. The van der Waals surface area contributed by atoms with Crippen molar-refractivity contribution in [3.63, 3.8) is 0 Å². The molecule has 1 N–H and O–H groups in total. The van der Waals surface area contributed by atoms with Gasteiger partial charge in [-0.2, -0.15) is 19.6 Å². The van der Waals surface area contributed by atoms with E-state index in [-0.39, 0.29) is 6.04 Å². The Morgan fingerprint density at radius 2 is 2.11 bits per heavy atom. The van der Waals surface area contributed by atoms with Crippen molar-refractivity contribution in [2.75, 3.05) is 5.32 Å². The molecule has 0 aliphatic rings. The molecular formula is C12H11ClN6. The number of nitrogens with zero attached hydrogens (tertiary/aromatic N) is 5. The number of fused-ring (bicyclic) bond motifs is 1. The Morgan fingerprint density at radius 1 is 1.32 bits per heavy atom. The van der Waals surface area contributed by atoms with Gasteiger partial charge >= 0.3 is 0 Å². The number of nitrogens with one attached hydrogen (secondary N) is 1. The van der Waals surface area contributed by atoms with Gasteiger partial charge in [0.05, 0.1) is 6.04 Å². The average molecular weight is 275 g/mol. The lowest BCUT2D eigenvalue weighted by atomic mass is 10.1. The molecule has 0 spiro atoms. The molecule has 1 unspecified atom stereocenters. The fourth-order valence-corrected chi connectivity index (χ4v) is 2.02. The Morgan fingerprint density at radius 3 is 2.89 bits per heavy atom. The summed E-state index contributed by atoms with van der Waals surface area (Å²) in [5.74, 6) is 1.22. The average Bonchev–Trinajstić information content (AvgIpc) is 2.88. The van der Waals surface area contributed by atoms with Gasteiger partial charge in [0, 0.05) is 18.5 Å². The van der Waals surface area contributed by atoms with Crippen LogP contribution in [0.4, 0.5) is 5.82 Å². The van der Waals surface area contributed by atoms with E-state index in [1.807, 2.05) is 19.1 Å². The van der Waals surface area contributed by atoms with E-state index in [0.717, 1.165) is 11.4 Å². The van der Waals surface area contributed by atoms with E-state index in [9.17, 15) is 0 Å². The van der Waals surface area contributed by atoms with Gasteiger partial charge in [0.2, 0.25) is 0 Å². The first kappa shape index (κ1) is 11.9. The molecule has 0 aromatic carbocycles. The fraction of sp³-hybridized carbons (Fsp3) is 0.167. The van der Waals surface area contributed by atoms with Crippen LogP contribution < -0.4 is 5.32 Å². The molecule has 6 nitrogen and oxygen atoms in total. The van der Waals surface area contributed by atoms with Gasteiger partial charge in [-0.15, -0.1) is 0 Å². The Labute approximate surface area is 114 Å². The van der Waals surface area contributed by atoms with Gasteiger partial charge in [0.25, 0.3) is 5.78 Å². The number of hydrogen-bond donors (Lipinski definition) is 1. The summed E-state index contributed by atoms with van der Waals surface area (Å²) >= 11 is 5.97. The van der Waals surface area contributed by atoms with Crippen molar-refractivity contribution in [3.05, 3.63) is 47.6 Å². The zero-order valence-corrected chi connectivity index (χ0v) is 10.9. The molecule has 0 aliphatic heterocycles. The Bertz CT molecular complexity index is 696. The zero-order chi connectivity index (χ0) is 13.2. The lowest BCUT2D eigenvalue weighted by Crippen LogP contribution is -2.11. The van der Waals surface area contributed by atoms with E-state index in [0.29, 0.717) is 10.9 Å². The van der Waals surface area contributed by atoms with E-state index in [1.165, 1.54) is 6.33 Å². The SMILES string of the molecule is CC(Nc1cc(Cl)nc2ncnn12)c1ccncc1. The van der Waals surface area contributed by atoms with Gasteiger partial charge in [-0.05, 0) is 24.6 Å². The number of rotatable bonds is 3. The second kappa shape index (κ2) is 4.81. The Hall–Kier alpha value is -2.21. The third-order valence-electron chi connectivity index (χ3n) is 2.79. The van der Waals surface area contributed by atoms with Crippen molar-refractivity contribution < 1.29 is 0 Å². The van der Waals surface area contributed by atoms with Crippen molar-refractivity contribution in [2.45, 2.75) is 13.0 Å². The first-order valence-corrected chi connectivity index (χ1v) is 6.14. The van der Waals surface area contributed by atoms with Crippen LogP contribution in [0.25, 0.3) is 5.78 Å². The number of pyridine rings is 1. The summed E-state index contributed by atoms with van der Waals surface area (Å²) < 4.78 is 1.61. The molecule has 3 aromatic heterocycles. The van der Waals surface area contributed by atoms with E-state index in [4.69, 9.17) is 11.6 Å².